The molecule has 0 bridgehead atoms. The van der Waals surface area contributed by atoms with Crippen LogP contribution >= 0.6 is 0 Å². The molecule has 0 saturated carbocycles. The van der Waals surface area contributed by atoms with E-state index in [4.69, 9.17) is 0 Å². The summed E-state index contributed by atoms with van der Waals surface area (Å²) in [5.41, 5.74) is -1.41. The molecule has 2 aromatic heterocycles. The van der Waals surface area contributed by atoms with Crippen molar-refractivity contribution in [2.24, 2.45) is 5.92 Å². The number of carbonyl (C=O) groups is 2. The summed E-state index contributed by atoms with van der Waals surface area (Å²) < 4.78 is 59.7. The zero-order valence-corrected chi connectivity index (χ0v) is 19.2. The summed E-state index contributed by atoms with van der Waals surface area (Å²) in [6.45, 7) is 0. The molecule has 37 heavy (non-hydrogen) atoms. The predicted molar refractivity (Wildman–Crippen MR) is 126 cm³/mol. The summed E-state index contributed by atoms with van der Waals surface area (Å²) in [4.78, 5) is 34.6. The lowest BCUT2D eigenvalue weighted by atomic mass is 9.73. The van der Waals surface area contributed by atoms with Crippen LogP contribution in [0, 0.1) is 29.2 Å². The minimum absolute atomic E-state index is 0.0334. The lowest BCUT2D eigenvalue weighted by Crippen LogP contribution is -2.32. The number of benzene rings is 2. The third-order valence-electron chi connectivity index (χ3n) is 6.11. The van der Waals surface area contributed by atoms with Crippen LogP contribution in [0.5, 0.6) is 0 Å². The second kappa shape index (κ2) is 11.2. The van der Waals surface area contributed by atoms with E-state index in [2.05, 4.69) is 9.97 Å². The molecule has 3 unspecified atom stereocenters. The van der Waals surface area contributed by atoms with Gasteiger partial charge in [0.2, 0.25) is 0 Å². The van der Waals surface area contributed by atoms with E-state index in [0.717, 1.165) is 36.4 Å². The van der Waals surface area contributed by atoms with Gasteiger partial charge in [0.15, 0.2) is 11.6 Å². The van der Waals surface area contributed by atoms with Crippen molar-refractivity contribution in [1.82, 2.24) is 9.97 Å². The maximum atomic E-state index is 15.1. The van der Waals surface area contributed by atoms with Gasteiger partial charge in [-0.05, 0) is 48.5 Å². The smallest absolute Gasteiger partial charge is 0.169 e. The average molecular weight is 508 g/mol. The number of nitrogens with zero attached hydrogens (tertiary/aromatic N) is 2. The van der Waals surface area contributed by atoms with Gasteiger partial charge in [0.25, 0.3) is 0 Å². The van der Waals surface area contributed by atoms with Crippen LogP contribution in [0.15, 0.2) is 85.5 Å². The van der Waals surface area contributed by atoms with Crippen molar-refractivity contribution < 1.29 is 32.3 Å². The molecule has 0 saturated heterocycles. The van der Waals surface area contributed by atoms with Gasteiger partial charge in [-0.25, -0.2) is 17.6 Å². The Hall–Kier alpha value is -4.24. The molecule has 0 amide bonds. The van der Waals surface area contributed by atoms with Crippen LogP contribution in [0.25, 0.3) is 0 Å². The normalized spacial score (nSPS) is 13.5. The standard InChI is InChI=1S/C28H20F4N2O3/c29-19-3-1-4-20(30)24(19)18(15-23(35)16-7-11-33-12-8-16)25(27(36)17-9-13-34-14-10-17)28(37)26-21(31)5-2-6-22(26)32/h1-14,18,25,28,37H,15H2. The highest BCUT2D eigenvalue weighted by Crippen LogP contribution is 2.42. The highest BCUT2D eigenvalue weighted by Gasteiger charge is 2.42. The molecule has 0 aliphatic carbocycles. The van der Waals surface area contributed by atoms with Gasteiger partial charge in [0.1, 0.15) is 23.3 Å². The Morgan fingerprint density at radius 3 is 1.59 bits per heavy atom. The fraction of sp³-hybridized carbons (Fsp3) is 0.143. The minimum Gasteiger partial charge on any atom is -0.387 e. The molecular weight excluding hydrogens is 488 g/mol. The van der Waals surface area contributed by atoms with Crippen molar-refractivity contribution >= 4 is 11.6 Å². The SMILES string of the molecule is O=C(CC(c1c(F)cccc1F)C(C(=O)c1ccncc1)C(O)c1c(F)cccc1F)c1ccncc1. The molecule has 0 aliphatic rings. The highest BCUT2D eigenvalue weighted by atomic mass is 19.1. The van der Waals surface area contributed by atoms with Crippen molar-refractivity contribution in [1.29, 1.82) is 0 Å². The predicted octanol–water partition coefficient (Wildman–Crippen LogP) is 5.62. The molecule has 5 nitrogen and oxygen atoms in total. The molecule has 2 aromatic carbocycles. The summed E-state index contributed by atoms with van der Waals surface area (Å²) in [6, 6.07) is 11.2. The van der Waals surface area contributed by atoms with E-state index in [1.807, 2.05) is 0 Å². The van der Waals surface area contributed by atoms with Gasteiger partial charge in [-0.3, -0.25) is 19.6 Å². The third-order valence-corrected chi connectivity index (χ3v) is 6.11. The number of Topliss-reactive ketones (excluding diaryl/α,β-unsaturated/α-hetero) is 2. The fourth-order valence-electron chi connectivity index (χ4n) is 4.36. The van der Waals surface area contributed by atoms with E-state index in [9.17, 15) is 23.5 Å². The number of aliphatic hydroxyl groups excluding tert-OH is 1. The zero-order valence-electron chi connectivity index (χ0n) is 19.2. The average Bonchev–Trinajstić information content (AvgIpc) is 2.89. The van der Waals surface area contributed by atoms with Crippen molar-refractivity contribution in [3.8, 4) is 0 Å². The van der Waals surface area contributed by atoms with E-state index < -0.39 is 70.3 Å². The number of halogens is 4. The van der Waals surface area contributed by atoms with Crippen molar-refractivity contribution in [2.75, 3.05) is 0 Å². The zero-order chi connectivity index (χ0) is 26.5. The van der Waals surface area contributed by atoms with Crippen molar-refractivity contribution in [3.05, 3.63) is 131 Å². The number of carbonyl (C=O) groups excluding carboxylic acids is 2. The number of pyridine rings is 2. The Kier molecular flexibility index (Phi) is 7.83. The molecule has 188 valence electrons. The van der Waals surface area contributed by atoms with Gasteiger partial charge in [-0.2, -0.15) is 0 Å². The van der Waals surface area contributed by atoms with E-state index in [1.54, 1.807) is 0 Å². The molecule has 4 aromatic rings. The summed E-state index contributed by atoms with van der Waals surface area (Å²) in [5, 5.41) is 11.3. The summed E-state index contributed by atoms with van der Waals surface area (Å²) in [6.07, 6.45) is 2.39. The first kappa shape index (κ1) is 25.8. The molecule has 1 N–H and O–H groups in total. The van der Waals surface area contributed by atoms with E-state index in [1.165, 1.54) is 49.1 Å². The number of hydrogen-bond donors (Lipinski definition) is 1. The van der Waals surface area contributed by atoms with E-state index in [0.29, 0.717) is 0 Å². The van der Waals surface area contributed by atoms with Gasteiger partial charge in [-0.1, -0.05) is 12.1 Å². The number of aliphatic hydroxyl groups is 1. The number of hydrogen-bond acceptors (Lipinski definition) is 5. The molecule has 0 spiro atoms. The lowest BCUT2D eigenvalue weighted by Gasteiger charge is -2.31. The fourth-order valence-corrected chi connectivity index (χ4v) is 4.36. The third kappa shape index (κ3) is 5.46. The molecule has 3 atom stereocenters. The van der Waals surface area contributed by atoms with Crippen LogP contribution in [0.1, 0.15) is 50.3 Å². The number of rotatable bonds is 9. The molecule has 2 heterocycles. The maximum Gasteiger partial charge on any atom is 0.169 e. The maximum absolute atomic E-state index is 15.1. The van der Waals surface area contributed by atoms with Crippen LogP contribution in [0.2, 0.25) is 0 Å². The molecule has 0 radical (unpaired) electrons. The van der Waals surface area contributed by atoms with Gasteiger partial charge in [0, 0.05) is 53.8 Å². The van der Waals surface area contributed by atoms with Crippen LogP contribution in [0.3, 0.4) is 0 Å². The second-order valence-corrected chi connectivity index (χ2v) is 8.31. The Morgan fingerprint density at radius 1 is 0.676 bits per heavy atom. The largest absolute Gasteiger partial charge is 0.387 e. The number of ketones is 2. The summed E-state index contributed by atoms with van der Waals surface area (Å²) >= 11 is 0. The first-order valence-electron chi connectivity index (χ1n) is 11.2. The highest BCUT2D eigenvalue weighted by molar-refractivity contribution is 6.00. The molecular formula is C28H20F4N2O3. The Labute approximate surface area is 209 Å². The Balaban J connectivity index is 1.93. The Bertz CT molecular complexity index is 1380. The molecule has 9 heteroatoms. The van der Waals surface area contributed by atoms with Gasteiger partial charge in [0.05, 0.1) is 17.6 Å². The monoisotopic (exact) mass is 508 g/mol. The van der Waals surface area contributed by atoms with E-state index >= 15 is 8.78 Å². The lowest BCUT2D eigenvalue weighted by molar-refractivity contribution is 0.0560. The van der Waals surface area contributed by atoms with Gasteiger partial charge < -0.3 is 5.11 Å². The van der Waals surface area contributed by atoms with Gasteiger partial charge in [-0.15, -0.1) is 0 Å². The Morgan fingerprint density at radius 2 is 1.11 bits per heavy atom. The first-order chi connectivity index (χ1) is 17.8. The van der Waals surface area contributed by atoms with Gasteiger partial charge >= 0.3 is 0 Å². The van der Waals surface area contributed by atoms with E-state index in [-0.39, 0.29) is 11.1 Å². The summed E-state index contributed by atoms with van der Waals surface area (Å²) in [5.74, 6) is -9.48. The second-order valence-electron chi connectivity index (χ2n) is 8.31. The minimum atomic E-state index is -2.20. The van der Waals surface area contributed by atoms with Crippen molar-refractivity contribution in [3.63, 3.8) is 0 Å². The van der Waals surface area contributed by atoms with Crippen LogP contribution < -0.4 is 0 Å². The topological polar surface area (TPSA) is 80.2 Å². The number of aromatic nitrogens is 2. The molecule has 4 rings (SSSR count). The van der Waals surface area contributed by atoms with Crippen LogP contribution in [0.4, 0.5) is 17.6 Å². The first-order valence-corrected chi connectivity index (χ1v) is 11.2. The molecule has 0 fully saturated rings. The summed E-state index contributed by atoms with van der Waals surface area (Å²) in [7, 11) is 0. The quantitative estimate of drug-likeness (QED) is 0.234. The van der Waals surface area contributed by atoms with Crippen LogP contribution in [-0.4, -0.2) is 26.6 Å². The molecule has 0 aliphatic heterocycles. The van der Waals surface area contributed by atoms with Crippen molar-refractivity contribution in [2.45, 2.75) is 18.4 Å². The van der Waals surface area contributed by atoms with Crippen LogP contribution in [-0.2, 0) is 0 Å².